The lowest BCUT2D eigenvalue weighted by molar-refractivity contribution is 0.211. The van der Waals surface area contributed by atoms with Crippen LogP contribution in [0.4, 0.5) is 8.78 Å². The van der Waals surface area contributed by atoms with E-state index in [0.29, 0.717) is 11.5 Å². The van der Waals surface area contributed by atoms with E-state index in [1.54, 1.807) is 19.2 Å². The molecule has 102 valence electrons. The molecule has 0 fully saturated rings. The van der Waals surface area contributed by atoms with Crippen LogP contribution in [0.2, 0.25) is 0 Å². The van der Waals surface area contributed by atoms with Crippen LogP contribution in [-0.2, 0) is 0 Å². The molecule has 3 rings (SSSR count). The minimum absolute atomic E-state index is 0.0259. The molecule has 0 aliphatic rings. The predicted octanol–water partition coefficient (Wildman–Crippen LogP) is 2.54. The van der Waals surface area contributed by atoms with Crippen molar-refractivity contribution >= 4 is 5.78 Å². The van der Waals surface area contributed by atoms with Crippen molar-refractivity contribution in [1.82, 2.24) is 19.6 Å². The lowest BCUT2D eigenvalue weighted by Crippen LogP contribution is -2.08. The fourth-order valence-electron chi connectivity index (χ4n) is 1.78. The van der Waals surface area contributed by atoms with Crippen molar-refractivity contribution < 1.29 is 13.5 Å². The Balaban J connectivity index is 1.86. The van der Waals surface area contributed by atoms with Gasteiger partial charge in [0.05, 0.1) is 5.69 Å². The highest BCUT2D eigenvalue weighted by molar-refractivity contribution is 5.28. The van der Waals surface area contributed by atoms with Gasteiger partial charge in [-0.25, -0.2) is 18.3 Å². The van der Waals surface area contributed by atoms with Crippen LogP contribution in [0.1, 0.15) is 18.7 Å². The molecule has 20 heavy (non-hydrogen) atoms. The number of benzene rings is 1. The molecule has 0 amide bonds. The Bertz CT molecular complexity index is 759. The van der Waals surface area contributed by atoms with Gasteiger partial charge in [-0.3, -0.25) is 0 Å². The molecule has 0 spiro atoms. The molecule has 2 aromatic heterocycles. The van der Waals surface area contributed by atoms with Gasteiger partial charge in [-0.1, -0.05) is 0 Å². The summed E-state index contributed by atoms with van der Waals surface area (Å²) in [6, 6.07) is 4.86. The fraction of sp³-hybridized carbons (Fsp3) is 0.154. The number of rotatable bonds is 3. The molecule has 0 saturated carbocycles. The number of fused-ring (bicyclic) bond motifs is 1. The minimum atomic E-state index is -0.750. The first-order valence-electron chi connectivity index (χ1n) is 5.91. The monoisotopic (exact) mass is 276 g/mol. The van der Waals surface area contributed by atoms with Crippen LogP contribution >= 0.6 is 0 Å². The van der Waals surface area contributed by atoms with E-state index in [0.717, 1.165) is 12.1 Å². The second kappa shape index (κ2) is 4.84. The van der Waals surface area contributed by atoms with Gasteiger partial charge in [0.2, 0.25) is 0 Å². The Labute approximate surface area is 112 Å². The molecule has 0 N–H and O–H groups in total. The van der Waals surface area contributed by atoms with E-state index in [4.69, 9.17) is 4.74 Å². The minimum Gasteiger partial charge on any atom is -0.481 e. The summed E-state index contributed by atoms with van der Waals surface area (Å²) < 4.78 is 33.3. The topological polar surface area (TPSA) is 52.3 Å². The number of hydrogen-bond donors (Lipinski definition) is 0. The largest absolute Gasteiger partial charge is 0.481 e. The highest BCUT2D eigenvalue weighted by Gasteiger charge is 2.13. The zero-order valence-electron chi connectivity index (χ0n) is 10.5. The first kappa shape index (κ1) is 12.5. The van der Waals surface area contributed by atoms with Crippen molar-refractivity contribution in [3.8, 4) is 5.75 Å². The van der Waals surface area contributed by atoms with Gasteiger partial charge in [0.25, 0.3) is 5.78 Å². The van der Waals surface area contributed by atoms with Crippen LogP contribution in [-0.4, -0.2) is 19.6 Å². The molecule has 1 aromatic carbocycles. The van der Waals surface area contributed by atoms with E-state index in [1.165, 1.54) is 16.9 Å². The smallest absolute Gasteiger partial charge is 0.252 e. The lowest BCUT2D eigenvalue weighted by atomic mass is 10.2. The molecule has 1 unspecified atom stereocenters. The van der Waals surface area contributed by atoms with Crippen molar-refractivity contribution in [2.75, 3.05) is 0 Å². The molecule has 1 atom stereocenters. The Hall–Kier alpha value is -2.57. The Morgan fingerprint density at radius 2 is 2.10 bits per heavy atom. The van der Waals surface area contributed by atoms with E-state index in [1.807, 2.05) is 0 Å². The summed E-state index contributed by atoms with van der Waals surface area (Å²) in [7, 11) is 0. The summed E-state index contributed by atoms with van der Waals surface area (Å²) >= 11 is 0. The van der Waals surface area contributed by atoms with E-state index >= 15 is 0 Å². The van der Waals surface area contributed by atoms with E-state index in [9.17, 15) is 8.78 Å². The van der Waals surface area contributed by atoms with Crippen molar-refractivity contribution in [3.63, 3.8) is 0 Å². The normalized spacial score (nSPS) is 12.6. The highest BCUT2D eigenvalue weighted by Crippen LogP contribution is 2.24. The van der Waals surface area contributed by atoms with Gasteiger partial charge >= 0.3 is 0 Å². The Morgan fingerprint density at radius 1 is 1.25 bits per heavy atom. The quantitative estimate of drug-likeness (QED) is 0.737. The second-order valence-corrected chi connectivity index (χ2v) is 4.19. The first-order valence-corrected chi connectivity index (χ1v) is 5.91. The van der Waals surface area contributed by atoms with Crippen molar-refractivity contribution in [2.45, 2.75) is 13.0 Å². The zero-order valence-corrected chi connectivity index (χ0v) is 10.5. The zero-order chi connectivity index (χ0) is 14.1. The first-order chi connectivity index (χ1) is 9.63. The van der Waals surface area contributed by atoms with Gasteiger partial charge in [0.1, 0.15) is 18.2 Å². The molecule has 0 aliphatic carbocycles. The third kappa shape index (κ3) is 2.29. The van der Waals surface area contributed by atoms with Gasteiger partial charge in [-0.2, -0.15) is 10.1 Å². The lowest BCUT2D eigenvalue weighted by Gasteiger charge is -2.14. The van der Waals surface area contributed by atoms with Crippen LogP contribution in [0.5, 0.6) is 5.75 Å². The fourth-order valence-corrected chi connectivity index (χ4v) is 1.78. The molecule has 0 radical (unpaired) electrons. The van der Waals surface area contributed by atoms with Gasteiger partial charge in [0, 0.05) is 12.3 Å². The van der Waals surface area contributed by atoms with E-state index in [-0.39, 0.29) is 5.75 Å². The second-order valence-electron chi connectivity index (χ2n) is 4.19. The molecular weight excluding hydrogens is 266 g/mol. The van der Waals surface area contributed by atoms with E-state index in [2.05, 4.69) is 15.1 Å². The van der Waals surface area contributed by atoms with Crippen molar-refractivity contribution in [3.05, 3.63) is 54.1 Å². The highest BCUT2D eigenvalue weighted by atomic mass is 19.1. The van der Waals surface area contributed by atoms with Crippen LogP contribution < -0.4 is 4.74 Å². The number of nitrogens with zero attached hydrogens (tertiary/aromatic N) is 4. The van der Waals surface area contributed by atoms with Gasteiger partial charge in [0.15, 0.2) is 11.6 Å². The summed E-state index contributed by atoms with van der Waals surface area (Å²) in [6.45, 7) is 1.72. The van der Waals surface area contributed by atoms with Crippen LogP contribution in [0.3, 0.4) is 0 Å². The summed E-state index contributed by atoms with van der Waals surface area (Å²) in [4.78, 5) is 8.21. The van der Waals surface area contributed by atoms with Gasteiger partial charge < -0.3 is 4.74 Å². The maximum Gasteiger partial charge on any atom is 0.252 e. The summed E-state index contributed by atoms with van der Waals surface area (Å²) in [5.74, 6) is -0.995. The molecule has 7 heteroatoms. The summed E-state index contributed by atoms with van der Waals surface area (Å²) in [6.07, 6.45) is 2.57. The molecule has 0 bridgehead atoms. The standard InChI is InChI=1S/C13H10F2N4O/c1-8(20-12-3-2-9(14)6-10(12)15)11-4-5-19-13(18-11)16-7-17-19/h2-8H,1H3. The van der Waals surface area contributed by atoms with Crippen LogP contribution in [0.25, 0.3) is 5.78 Å². The SMILES string of the molecule is CC(Oc1ccc(F)cc1F)c1ccn2ncnc2n1. The van der Waals surface area contributed by atoms with Crippen molar-refractivity contribution in [1.29, 1.82) is 0 Å². The Kier molecular flexibility index (Phi) is 3.02. The van der Waals surface area contributed by atoms with Crippen LogP contribution in [0, 0.1) is 11.6 Å². The molecule has 2 heterocycles. The molecule has 5 nitrogen and oxygen atoms in total. The van der Waals surface area contributed by atoms with Gasteiger partial charge in [-0.05, 0) is 25.1 Å². The predicted molar refractivity (Wildman–Crippen MR) is 66.2 cm³/mol. The third-order valence-corrected chi connectivity index (χ3v) is 2.78. The van der Waals surface area contributed by atoms with E-state index < -0.39 is 17.7 Å². The number of aromatic nitrogens is 4. The third-order valence-electron chi connectivity index (χ3n) is 2.78. The molecular formula is C13H10F2N4O. The number of halogens is 2. The maximum absolute atomic E-state index is 13.5. The number of hydrogen-bond acceptors (Lipinski definition) is 4. The average Bonchev–Trinajstić information content (AvgIpc) is 2.89. The summed E-state index contributed by atoms with van der Waals surface area (Å²) in [5.41, 5.74) is 0.578. The molecule has 0 aliphatic heterocycles. The Morgan fingerprint density at radius 3 is 2.90 bits per heavy atom. The van der Waals surface area contributed by atoms with Gasteiger partial charge in [-0.15, -0.1) is 0 Å². The van der Waals surface area contributed by atoms with Crippen molar-refractivity contribution in [2.24, 2.45) is 0 Å². The molecule has 3 aromatic rings. The summed E-state index contributed by atoms with van der Waals surface area (Å²) in [5, 5.41) is 3.93. The molecule has 0 saturated heterocycles. The maximum atomic E-state index is 13.5. The van der Waals surface area contributed by atoms with Crippen LogP contribution in [0.15, 0.2) is 36.8 Å². The average molecular weight is 276 g/mol. The number of ether oxygens (including phenoxy) is 1.